The zero-order valence-electron chi connectivity index (χ0n) is 9.33. The molecule has 0 aromatic heterocycles. The number of hydrogen-bond acceptors (Lipinski definition) is 2. The SMILES string of the molecule is CCN(C)C(C)Cc1ccc(N)cc1. The fourth-order valence-corrected chi connectivity index (χ4v) is 1.46. The molecular weight excluding hydrogens is 172 g/mol. The van der Waals surface area contributed by atoms with E-state index in [4.69, 9.17) is 5.73 Å². The second-order valence-corrected chi connectivity index (χ2v) is 3.87. The number of likely N-dealkylation sites (N-methyl/N-ethyl adjacent to an activating group) is 1. The van der Waals surface area contributed by atoms with Crippen LogP contribution in [0.5, 0.6) is 0 Å². The number of nitrogen functional groups attached to an aromatic ring is 1. The molecule has 0 bridgehead atoms. The summed E-state index contributed by atoms with van der Waals surface area (Å²) < 4.78 is 0. The fraction of sp³-hybridized carbons (Fsp3) is 0.500. The maximum atomic E-state index is 5.63. The van der Waals surface area contributed by atoms with Crippen molar-refractivity contribution in [3.05, 3.63) is 29.8 Å². The van der Waals surface area contributed by atoms with Crippen molar-refractivity contribution >= 4 is 5.69 Å². The smallest absolute Gasteiger partial charge is 0.0314 e. The molecule has 0 fully saturated rings. The first kappa shape index (κ1) is 11.1. The fourth-order valence-electron chi connectivity index (χ4n) is 1.46. The van der Waals surface area contributed by atoms with Crippen molar-refractivity contribution in [1.82, 2.24) is 4.90 Å². The van der Waals surface area contributed by atoms with E-state index in [9.17, 15) is 0 Å². The van der Waals surface area contributed by atoms with Crippen LogP contribution in [0.3, 0.4) is 0 Å². The first-order valence-electron chi connectivity index (χ1n) is 5.18. The van der Waals surface area contributed by atoms with Gasteiger partial charge in [0.15, 0.2) is 0 Å². The van der Waals surface area contributed by atoms with Crippen LogP contribution in [0.2, 0.25) is 0 Å². The van der Waals surface area contributed by atoms with Crippen molar-refractivity contribution in [2.24, 2.45) is 0 Å². The molecule has 0 saturated carbocycles. The van der Waals surface area contributed by atoms with E-state index in [1.165, 1.54) is 5.56 Å². The Morgan fingerprint density at radius 3 is 2.36 bits per heavy atom. The normalized spacial score (nSPS) is 13.1. The number of benzene rings is 1. The monoisotopic (exact) mass is 192 g/mol. The zero-order chi connectivity index (χ0) is 10.6. The summed E-state index contributed by atoms with van der Waals surface area (Å²) in [5.41, 5.74) is 7.82. The molecule has 14 heavy (non-hydrogen) atoms. The van der Waals surface area contributed by atoms with E-state index >= 15 is 0 Å². The summed E-state index contributed by atoms with van der Waals surface area (Å²) >= 11 is 0. The minimum atomic E-state index is 0.587. The van der Waals surface area contributed by atoms with Crippen LogP contribution in [-0.4, -0.2) is 24.5 Å². The van der Waals surface area contributed by atoms with E-state index in [0.29, 0.717) is 6.04 Å². The molecule has 1 atom stereocenters. The molecule has 0 radical (unpaired) electrons. The van der Waals surface area contributed by atoms with Gasteiger partial charge in [-0.3, -0.25) is 0 Å². The third-order valence-electron chi connectivity index (χ3n) is 2.76. The molecule has 2 nitrogen and oxygen atoms in total. The number of nitrogens with two attached hydrogens (primary N) is 1. The van der Waals surface area contributed by atoms with Gasteiger partial charge in [0, 0.05) is 11.7 Å². The van der Waals surface area contributed by atoms with Crippen molar-refractivity contribution in [3.63, 3.8) is 0 Å². The lowest BCUT2D eigenvalue weighted by molar-refractivity contribution is 0.270. The Labute approximate surface area is 86.7 Å². The van der Waals surface area contributed by atoms with Gasteiger partial charge in [0.05, 0.1) is 0 Å². The summed E-state index contributed by atoms with van der Waals surface area (Å²) in [4.78, 5) is 2.34. The summed E-state index contributed by atoms with van der Waals surface area (Å²) in [5, 5.41) is 0. The standard InChI is InChI=1S/C12H20N2/c1-4-14(3)10(2)9-11-5-7-12(13)8-6-11/h5-8,10H,4,9,13H2,1-3H3. The highest BCUT2D eigenvalue weighted by Gasteiger charge is 2.07. The van der Waals surface area contributed by atoms with E-state index in [1.54, 1.807) is 0 Å². The van der Waals surface area contributed by atoms with Crippen molar-refractivity contribution in [1.29, 1.82) is 0 Å². The second kappa shape index (κ2) is 5.01. The average molecular weight is 192 g/mol. The molecular formula is C12H20N2. The Kier molecular flexibility index (Phi) is 3.96. The van der Waals surface area contributed by atoms with Crippen molar-refractivity contribution in [2.45, 2.75) is 26.3 Å². The predicted octanol–water partition coefficient (Wildman–Crippen LogP) is 2.15. The minimum Gasteiger partial charge on any atom is -0.399 e. The molecule has 1 aromatic carbocycles. The van der Waals surface area contributed by atoms with Crippen LogP contribution in [0.15, 0.2) is 24.3 Å². The Morgan fingerprint density at radius 1 is 1.29 bits per heavy atom. The molecule has 1 rings (SSSR count). The zero-order valence-corrected chi connectivity index (χ0v) is 9.33. The van der Waals surface area contributed by atoms with Crippen LogP contribution in [0.1, 0.15) is 19.4 Å². The van der Waals surface area contributed by atoms with Gasteiger partial charge in [-0.2, -0.15) is 0 Å². The van der Waals surface area contributed by atoms with Gasteiger partial charge >= 0.3 is 0 Å². The van der Waals surface area contributed by atoms with E-state index in [1.807, 2.05) is 12.1 Å². The van der Waals surface area contributed by atoms with Crippen LogP contribution in [0, 0.1) is 0 Å². The molecule has 0 aliphatic heterocycles. The van der Waals surface area contributed by atoms with Crippen molar-refractivity contribution in [3.8, 4) is 0 Å². The average Bonchev–Trinajstić information content (AvgIpc) is 2.20. The van der Waals surface area contributed by atoms with Gasteiger partial charge in [0.25, 0.3) is 0 Å². The Bertz CT molecular complexity index is 266. The second-order valence-electron chi connectivity index (χ2n) is 3.87. The number of hydrogen-bond donors (Lipinski definition) is 1. The maximum Gasteiger partial charge on any atom is 0.0314 e. The highest BCUT2D eigenvalue weighted by Crippen LogP contribution is 2.10. The number of rotatable bonds is 4. The molecule has 0 spiro atoms. The van der Waals surface area contributed by atoms with Crippen molar-refractivity contribution < 1.29 is 0 Å². The molecule has 0 aliphatic rings. The van der Waals surface area contributed by atoms with E-state index in [2.05, 4.69) is 37.9 Å². The van der Waals surface area contributed by atoms with Crippen LogP contribution < -0.4 is 5.73 Å². The Morgan fingerprint density at radius 2 is 1.86 bits per heavy atom. The summed E-state index contributed by atoms with van der Waals surface area (Å²) in [6.45, 7) is 5.52. The summed E-state index contributed by atoms with van der Waals surface area (Å²) in [6, 6.07) is 8.73. The summed E-state index contributed by atoms with van der Waals surface area (Å²) in [6.07, 6.45) is 1.09. The Hall–Kier alpha value is -1.02. The molecule has 78 valence electrons. The van der Waals surface area contributed by atoms with Crippen LogP contribution >= 0.6 is 0 Å². The largest absolute Gasteiger partial charge is 0.399 e. The van der Waals surface area contributed by atoms with Gasteiger partial charge in [-0.1, -0.05) is 19.1 Å². The third-order valence-corrected chi connectivity index (χ3v) is 2.76. The lowest BCUT2D eigenvalue weighted by atomic mass is 10.1. The molecule has 0 heterocycles. The Balaban J connectivity index is 2.56. The van der Waals surface area contributed by atoms with E-state index < -0.39 is 0 Å². The van der Waals surface area contributed by atoms with Crippen molar-refractivity contribution in [2.75, 3.05) is 19.3 Å². The number of anilines is 1. The molecule has 2 N–H and O–H groups in total. The molecule has 2 heteroatoms. The molecule has 0 amide bonds. The number of nitrogens with zero attached hydrogens (tertiary/aromatic N) is 1. The highest BCUT2D eigenvalue weighted by atomic mass is 15.1. The molecule has 0 saturated heterocycles. The quantitative estimate of drug-likeness (QED) is 0.741. The van der Waals surface area contributed by atoms with Crippen LogP contribution in [0.25, 0.3) is 0 Å². The van der Waals surface area contributed by atoms with Gasteiger partial charge in [-0.15, -0.1) is 0 Å². The maximum absolute atomic E-state index is 5.63. The van der Waals surface area contributed by atoms with Crippen LogP contribution in [-0.2, 0) is 6.42 Å². The molecule has 1 unspecified atom stereocenters. The van der Waals surface area contributed by atoms with Gasteiger partial charge in [-0.05, 0) is 44.6 Å². The third kappa shape index (κ3) is 3.04. The van der Waals surface area contributed by atoms with Gasteiger partial charge in [0.2, 0.25) is 0 Å². The minimum absolute atomic E-state index is 0.587. The molecule has 1 aromatic rings. The lowest BCUT2D eigenvalue weighted by Crippen LogP contribution is -2.30. The van der Waals surface area contributed by atoms with Gasteiger partial charge < -0.3 is 10.6 Å². The first-order chi connectivity index (χ1) is 6.63. The van der Waals surface area contributed by atoms with E-state index in [-0.39, 0.29) is 0 Å². The predicted molar refractivity (Wildman–Crippen MR) is 62.3 cm³/mol. The van der Waals surface area contributed by atoms with E-state index in [0.717, 1.165) is 18.7 Å². The van der Waals surface area contributed by atoms with Gasteiger partial charge in [0.1, 0.15) is 0 Å². The lowest BCUT2D eigenvalue weighted by Gasteiger charge is -2.22. The topological polar surface area (TPSA) is 29.3 Å². The molecule has 0 aliphatic carbocycles. The van der Waals surface area contributed by atoms with Gasteiger partial charge in [-0.25, -0.2) is 0 Å². The first-order valence-corrected chi connectivity index (χ1v) is 5.18. The summed E-state index contributed by atoms with van der Waals surface area (Å²) in [5.74, 6) is 0. The summed E-state index contributed by atoms with van der Waals surface area (Å²) in [7, 11) is 2.15. The highest BCUT2D eigenvalue weighted by molar-refractivity contribution is 5.39. The van der Waals surface area contributed by atoms with Crippen LogP contribution in [0.4, 0.5) is 5.69 Å².